The number of morpholine rings is 1. The summed E-state index contributed by atoms with van der Waals surface area (Å²) in [7, 11) is 0. The minimum atomic E-state index is 0.0848. The predicted molar refractivity (Wildman–Crippen MR) is 102 cm³/mol. The quantitative estimate of drug-likeness (QED) is 0.719. The smallest absolute Gasteiger partial charge is 0.123 e. The Bertz CT molecular complexity index is 657. The standard InChI is InChI=1S/C22H27NO2/c1-18-2-4-20(5-3-18)16-21(17-24)7-6-19-8-10-22(11-9-19)23-12-14-25-15-13-23/h2-5,8-11,17,21H,6-7,12-16H2,1H3/t21-/m0/s1. The Kier molecular flexibility index (Phi) is 6.24. The average Bonchev–Trinajstić information content (AvgIpc) is 2.68. The molecular formula is C22H27NO2. The van der Waals surface area contributed by atoms with Crippen molar-refractivity contribution in [3.63, 3.8) is 0 Å². The Labute approximate surface area is 150 Å². The van der Waals surface area contributed by atoms with E-state index in [0.29, 0.717) is 0 Å². The van der Waals surface area contributed by atoms with Crippen molar-refractivity contribution in [1.82, 2.24) is 0 Å². The molecule has 0 spiro atoms. The van der Waals surface area contributed by atoms with Gasteiger partial charge in [-0.3, -0.25) is 0 Å². The van der Waals surface area contributed by atoms with E-state index < -0.39 is 0 Å². The molecule has 3 heteroatoms. The summed E-state index contributed by atoms with van der Waals surface area (Å²) < 4.78 is 5.40. The van der Waals surface area contributed by atoms with Crippen LogP contribution in [0.1, 0.15) is 23.1 Å². The zero-order chi connectivity index (χ0) is 17.5. The molecule has 3 rings (SSSR count). The molecule has 1 saturated heterocycles. The van der Waals surface area contributed by atoms with Crippen LogP contribution in [0.4, 0.5) is 5.69 Å². The van der Waals surface area contributed by atoms with Gasteiger partial charge in [0, 0.05) is 24.7 Å². The highest BCUT2D eigenvalue weighted by molar-refractivity contribution is 5.54. The molecule has 0 saturated carbocycles. The van der Waals surface area contributed by atoms with Crippen molar-refractivity contribution >= 4 is 12.0 Å². The van der Waals surface area contributed by atoms with E-state index >= 15 is 0 Å². The first-order chi connectivity index (χ1) is 12.2. The molecule has 25 heavy (non-hydrogen) atoms. The molecule has 3 nitrogen and oxygen atoms in total. The Morgan fingerprint density at radius 2 is 1.64 bits per heavy atom. The molecule has 1 aliphatic heterocycles. The monoisotopic (exact) mass is 337 g/mol. The van der Waals surface area contributed by atoms with Crippen molar-refractivity contribution in [2.24, 2.45) is 5.92 Å². The maximum Gasteiger partial charge on any atom is 0.123 e. The molecule has 132 valence electrons. The first kappa shape index (κ1) is 17.7. The zero-order valence-electron chi connectivity index (χ0n) is 15.0. The maximum atomic E-state index is 11.4. The number of carbonyl (C=O) groups excluding carboxylic acids is 1. The van der Waals surface area contributed by atoms with E-state index in [1.165, 1.54) is 22.4 Å². The van der Waals surface area contributed by atoms with E-state index in [1.807, 2.05) is 0 Å². The van der Waals surface area contributed by atoms with Gasteiger partial charge in [-0.2, -0.15) is 0 Å². The molecule has 2 aromatic carbocycles. The largest absolute Gasteiger partial charge is 0.378 e. The van der Waals surface area contributed by atoms with Gasteiger partial charge in [0.1, 0.15) is 6.29 Å². The van der Waals surface area contributed by atoms with E-state index in [9.17, 15) is 4.79 Å². The molecule has 1 atom stereocenters. The lowest BCUT2D eigenvalue weighted by Crippen LogP contribution is -2.36. The third kappa shape index (κ3) is 5.17. The van der Waals surface area contributed by atoms with E-state index in [-0.39, 0.29) is 5.92 Å². The number of ether oxygens (including phenoxy) is 1. The fourth-order valence-corrected chi connectivity index (χ4v) is 3.29. The van der Waals surface area contributed by atoms with Crippen LogP contribution in [0.15, 0.2) is 48.5 Å². The summed E-state index contributed by atoms with van der Waals surface area (Å²) in [5.41, 5.74) is 5.06. The van der Waals surface area contributed by atoms with Crippen molar-refractivity contribution in [2.45, 2.75) is 26.2 Å². The number of aldehydes is 1. The third-order valence-electron chi connectivity index (χ3n) is 4.93. The van der Waals surface area contributed by atoms with Gasteiger partial charge in [-0.25, -0.2) is 0 Å². The van der Waals surface area contributed by atoms with E-state index in [4.69, 9.17) is 4.74 Å². The van der Waals surface area contributed by atoms with Crippen molar-refractivity contribution in [3.8, 4) is 0 Å². The molecule has 0 radical (unpaired) electrons. The topological polar surface area (TPSA) is 29.5 Å². The molecular weight excluding hydrogens is 310 g/mol. The zero-order valence-corrected chi connectivity index (χ0v) is 15.0. The Morgan fingerprint density at radius 3 is 2.28 bits per heavy atom. The number of hydrogen-bond acceptors (Lipinski definition) is 3. The molecule has 0 N–H and O–H groups in total. The van der Waals surface area contributed by atoms with Gasteiger partial charge in [-0.1, -0.05) is 42.0 Å². The van der Waals surface area contributed by atoms with Gasteiger partial charge in [0.25, 0.3) is 0 Å². The lowest BCUT2D eigenvalue weighted by Gasteiger charge is -2.29. The molecule has 0 aliphatic carbocycles. The van der Waals surface area contributed by atoms with E-state index in [2.05, 4.69) is 60.4 Å². The lowest BCUT2D eigenvalue weighted by atomic mass is 9.93. The second-order valence-corrected chi connectivity index (χ2v) is 6.89. The van der Waals surface area contributed by atoms with Crippen LogP contribution in [-0.4, -0.2) is 32.6 Å². The fraction of sp³-hybridized carbons (Fsp3) is 0.409. The highest BCUT2D eigenvalue weighted by Crippen LogP contribution is 2.19. The second kappa shape index (κ2) is 8.82. The predicted octanol–water partition coefficient (Wildman–Crippen LogP) is 3.82. The van der Waals surface area contributed by atoms with Crippen LogP contribution < -0.4 is 4.90 Å². The van der Waals surface area contributed by atoms with Crippen LogP contribution in [0.2, 0.25) is 0 Å². The fourth-order valence-electron chi connectivity index (χ4n) is 3.29. The Hall–Kier alpha value is -2.13. The molecule has 0 aromatic heterocycles. The number of carbonyl (C=O) groups is 1. The third-order valence-corrected chi connectivity index (χ3v) is 4.93. The summed E-state index contributed by atoms with van der Waals surface area (Å²) in [5.74, 6) is 0.0848. The summed E-state index contributed by atoms with van der Waals surface area (Å²) >= 11 is 0. The number of rotatable bonds is 7. The van der Waals surface area contributed by atoms with Crippen molar-refractivity contribution in [2.75, 3.05) is 31.2 Å². The van der Waals surface area contributed by atoms with Gasteiger partial charge >= 0.3 is 0 Å². The summed E-state index contributed by atoms with van der Waals surface area (Å²) in [6, 6.07) is 17.2. The second-order valence-electron chi connectivity index (χ2n) is 6.89. The van der Waals surface area contributed by atoms with Crippen LogP contribution in [0, 0.1) is 12.8 Å². The van der Waals surface area contributed by atoms with Crippen LogP contribution in [0.5, 0.6) is 0 Å². The number of aryl methyl sites for hydroxylation is 2. The first-order valence-corrected chi connectivity index (χ1v) is 9.17. The van der Waals surface area contributed by atoms with Crippen molar-refractivity contribution in [1.29, 1.82) is 0 Å². The van der Waals surface area contributed by atoms with E-state index in [0.717, 1.165) is 51.9 Å². The minimum absolute atomic E-state index is 0.0848. The molecule has 0 bridgehead atoms. The highest BCUT2D eigenvalue weighted by Gasteiger charge is 2.12. The number of anilines is 1. The van der Waals surface area contributed by atoms with E-state index in [1.54, 1.807) is 0 Å². The number of benzene rings is 2. The van der Waals surface area contributed by atoms with Gasteiger partial charge < -0.3 is 14.4 Å². The van der Waals surface area contributed by atoms with Gasteiger partial charge in [0.05, 0.1) is 13.2 Å². The first-order valence-electron chi connectivity index (χ1n) is 9.17. The number of nitrogens with zero attached hydrogens (tertiary/aromatic N) is 1. The van der Waals surface area contributed by atoms with Gasteiger partial charge in [0.15, 0.2) is 0 Å². The lowest BCUT2D eigenvalue weighted by molar-refractivity contribution is -0.111. The van der Waals surface area contributed by atoms with Gasteiger partial charge in [-0.05, 0) is 49.4 Å². The normalized spacial score (nSPS) is 15.8. The SMILES string of the molecule is Cc1ccc(C[C@@H](C=O)CCc2ccc(N3CCOCC3)cc2)cc1. The minimum Gasteiger partial charge on any atom is -0.378 e. The van der Waals surface area contributed by atoms with Crippen molar-refractivity contribution < 1.29 is 9.53 Å². The van der Waals surface area contributed by atoms with Gasteiger partial charge in [-0.15, -0.1) is 0 Å². The average molecular weight is 337 g/mol. The van der Waals surface area contributed by atoms with Crippen LogP contribution in [0.3, 0.4) is 0 Å². The number of hydrogen-bond donors (Lipinski definition) is 0. The summed E-state index contributed by atoms with van der Waals surface area (Å²) in [6.45, 7) is 5.62. The molecule has 0 unspecified atom stereocenters. The molecule has 2 aromatic rings. The van der Waals surface area contributed by atoms with Gasteiger partial charge in [0.2, 0.25) is 0 Å². The Balaban J connectivity index is 1.52. The summed E-state index contributed by atoms with van der Waals surface area (Å²) in [5, 5.41) is 0. The van der Waals surface area contributed by atoms with Crippen LogP contribution >= 0.6 is 0 Å². The Morgan fingerprint density at radius 1 is 1.00 bits per heavy atom. The molecule has 1 fully saturated rings. The van der Waals surface area contributed by atoms with Crippen molar-refractivity contribution in [3.05, 3.63) is 65.2 Å². The summed E-state index contributed by atoms with van der Waals surface area (Å²) in [6.07, 6.45) is 3.78. The molecule has 1 heterocycles. The molecule has 0 amide bonds. The summed E-state index contributed by atoms with van der Waals surface area (Å²) in [4.78, 5) is 13.8. The highest BCUT2D eigenvalue weighted by atomic mass is 16.5. The maximum absolute atomic E-state index is 11.4. The van der Waals surface area contributed by atoms with Crippen LogP contribution in [-0.2, 0) is 22.4 Å². The molecule has 1 aliphatic rings. The van der Waals surface area contributed by atoms with Crippen LogP contribution in [0.25, 0.3) is 0 Å².